The Hall–Kier alpha value is -3.48. The summed E-state index contributed by atoms with van der Waals surface area (Å²) in [5.74, 6) is -0.648. The van der Waals surface area contributed by atoms with E-state index in [0.29, 0.717) is 21.9 Å². The van der Waals surface area contributed by atoms with Crippen molar-refractivity contribution in [3.05, 3.63) is 111 Å². The molecule has 158 valence electrons. The highest BCUT2D eigenvalue weighted by Crippen LogP contribution is 2.28. The normalized spacial score (nSPS) is 10.9. The number of carbonyl (C=O) groups is 2. The highest BCUT2D eigenvalue weighted by Gasteiger charge is 2.16. The van der Waals surface area contributed by atoms with Gasteiger partial charge in [-0.15, -0.1) is 0 Å². The fourth-order valence-corrected chi connectivity index (χ4v) is 3.74. The number of nitrogens with one attached hydrogen (secondary N) is 1. The van der Waals surface area contributed by atoms with Crippen LogP contribution < -0.4 is 10.2 Å². The van der Waals surface area contributed by atoms with E-state index in [1.54, 1.807) is 48.5 Å². The SMILES string of the molecule is O=C(N/N=C/c1c(OC(=O)c2ccccc2Cl)ccc2ccccc12)c1cccc(Br)c1. The molecule has 4 aromatic rings. The first-order chi connectivity index (χ1) is 15.5. The Morgan fingerprint density at radius 3 is 2.53 bits per heavy atom. The van der Waals surface area contributed by atoms with Crippen LogP contribution in [0.3, 0.4) is 0 Å². The molecule has 0 saturated heterocycles. The minimum Gasteiger partial charge on any atom is -0.422 e. The molecule has 1 amide bonds. The van der Waals surface area contributed by atoms with Crippen molar-refractivity contribution in [3.8, 4) is 5.75 Å². The van der Waals surface area contributed by atoms with Crippen molar-refractivity contribution in [3.63, 3.8) is 0 Å². The zero-order chi connectivity index (χ0) is 22.5. The monoisotopic (exact) mass is 506 g/mol. The van der Waals surface area contributed by atoms with Crippen molar-refractivity contribution in [1.82, 2.24) is 5.43 Å². The van der Waals surface area contributed by atoms with Crippen molar-refractivity contribution in [2.45, 2.75) is 0 Å². The zero-order valence-corrected chi connectivity index (χ0v) is 18.9. The number of rotatable bonds is 5. The van der Waals surface area contributed by atoms with Gasteiger partial charge >= 0.3 is 5.97 Å². The summed E-state index contributed by atoms with van der Waals surface area (Å²) in [6.45, 7) is 0. The van der Waals surface area contributed by atoms with E-state index in [0.717, 1.165) is 15.2 Å². The highest BCUT2D eigenvalue weighted by molar-refractivity contribution is 9.10. The quantitative estimate of drug-likeness (QED) is 0.150. The average molecular weight is 508 g/mol. The Morgan fingerprint density at radius 2 is 1.72 bits per heavy atom. The molecular formula is C25H16BrClN2O3. The molecule has 0 radical (unpaired) electrons. The summed E-state index contributed by atoms with van der Waals surface area (Å²) in [6, 6.07) is 24.8. The first-order valence-electron chi connectivity index (χ1n) is 9.60. The van der Waals surface area contributed by atoms with Gasteiger partial charge in [0.05, 0.1) is 16.8 Å². The maximum atomic E-state index is 12.7. The average Bonchev–Trinajstić information content (AvgIpc) is 2.80. The number of benzene rings is 4. The molecule has 0 aromatic heterocycles. The van der Waals surface area contributed by atoms with Gasteiger partial charge in [0.1, 0.15) is 5.75 Å². The number of carbonyl (C=O) groups excluding carboxylic acids is 2. The molecule has 0 aliphatic rings. The maximum absolute atomic E-state index is 12.7. The number of halogens is 2. The summed E-state index contributed by atoms with van der Waals surface area (Å²) >= 11 is 9.47. The van der Waals surface area contributed by atoms with Crippen molar-refractivity contribution < 1.29 is 14.3 Å². The molecule has 0 spiro atoms. The predicted octanol–water partition coefficient (Wildman–Crippen LogP) is 6.24. The minimum absolute atomic E-state index is 0.258. The van der Waals surface area contributed by atoms with Crippen LogP contribution in [0.1, 0.15) is 26.3 Å². The minimum atomic E-state index is -0.585. The second kappa shape index (κ2) is 9.77. The van der Waals surface area contributed by atoms with Gasteiger partial charge < -0.3 is 4.74 Å². The number of hydrazone groups is 1. The van der Waals surface area contributed by atoms with Crippen LogP contribution >= 0.6 is 27.5 Å². The number of amides is 1. The Balaban J connectivity index is 1.64. The fourth-order valence-electron chi connectivity index (χ4n) is 3.13. The van der Waals surface area contributed by atoms with Gasteiger partial charge in [0.15, 0.2) is 0 Å². The molecule has 1 N–H and O–H groups in total. The molecule has 7 heteroatoms. The first kappa shape index (κ1) is 21.7. The van der Waals surface area contributed by atoms with Gasteiger partial charge in [-0.3, -0.25) is 4.79 Å². The molecule has 0 heterocycles. The summed E-state index contributed by atoms with van der Waals surface area (Å²) in [6.07, 6.45) is 1.47. The molecule has 5 nitrogen and oxygen atoms in total. The second-order valence-corrected chi connectivity index (χ2v) is 8.10. The fraction of sp³-hybridized carbons (Fsp3) is 0. The smallest absolute Gasteiger partial charge is 0.345 e. The number of nitrogens with zero attached hydrogens (tertiary/aromatic N) is 1. The van der Waals surface area contributed by atoms with E-state index in [2.05, 4.69) is 26.5 Å². The van der Waals surface area contributed by atoms with Gasteiger partial charge in [0.25, 0.3) is 5.91 Å². The van der Waals surface area contributed by atoms with Crippen LogP contribution in [-0.4, -0.2) is 18.1 Å². The number of fused-ring (bicyclic) bond motifs is 1. The summed E-state index contributed by atoms with van der Waals surface area (Å²) in [5, 5.41) is 6.15. The third-order valence-corrected chi connectivity index (χ3v) is 5.50. The second-order valence-electron chi connectivity index (χ2n) is 6.78. The molecule has 0 fully saturated rings. The Bertz CT molecular complexity index is 1350. The third-order valence-electron chi connectivity index (χ3n) is 4.67. The van der Waals surface area contributed by atoms with Crippen LogP contribution in [0.15, 0.2) is 94.5 Å². The van der Waals surface area contributed by atoms with Gasteiger partial charge in [-0.2, -0.15) is 5.10 Å². The van der Waals surface area contributed by atoms with E-state index in [-0.39, 0.29) is 11.5 Å². The summed E-state index contributed by atoms with van der Waals surface area (Å²) < 4.78 is 6.43. The van der Waals surface area contributed by atoms with Crippen molar-refractivity contribution in [2.75, 3.05) is 0 Å². The van der Waals surface area contributed by atoms with Crippen LogP contribution in [-0.2, 0) is 0 Å². The molecule has 0 saturated carbocycles. The lowest BCUT2D eigenvalue weighted by Crippen LogP contribution is -2.17. The van der Waals surface area contributed by atoms with Gasteiger partial charge in [0, 0.05) is 15.6 Å². The van der Waals surface area contributed by atoms with Crippen LogP contribution in [0, 0.1) is 0 Å². The van der Waals surface area contributed by atoms with E-state index < -0.39 is 5.97 Å². The summed E-state index contributed by atoms with van der Waals surface area (Å²) in [4.78, 5) is 25.1. The topological polar surface area (TPSA) is 67.8 Å². The number of esters is 1. The van der Waals surface area contributed by atoms with Crippen molar-refractivity contribution >= 4 is 56.4 Å². The van der Waals surface area contributed by atoms with Crippen molar-refractivity contribution in [2.24, 2.45) is 5.10 Å². The van der Waals surface area contributed by atoms with E-state index in [4.69, 9.17) is 16.3 Å². The molecule has 4 aromatic carbocycles. The van der Waals surface area contributed by atoms with Crippen molar-refractivity contribution in [1.29, 1.82) is 0 Å². The molecule has 4 rings (SSSR count). The summed E-state index contributed by atoms with van der Waals surface area (Å²) in [7, 11) is 0. The molecule has 0 atom stereocenters. The largest absolute Gasteiger partial charge is 0.422 e. The lowest BCUT2D eigenvalue weighted by Gasteiger charge is -2.11. The van der Waals surface area contributed by atoms with Gasteiger partial charge in [-0.1, -0.05) is 76.1 Å². The predicted molar refractivity (Wildman–Crippen MR) is 130 cm³/mol. The van der Waals surface area contributed by atoms with Gasteiger partial charge in [-0.05, 0) is 47.2 Å². The van der Waals surface area contributed by atoms with Crippen LogP contribution in [0.4, 0.5) is 0 Å². The molecule has 0 unspecified atom stereocenters. The highest BCUT2D eigenvalue weighted by atomic mass is 79.9. The van der Waals surface area contributed by atoms with Crippen LogP contribution in [0.25, 0.3) is 10.8 Å². The maximum Gasteiger partial charge on any atom is 0.345 e. The lowest BCUT2D eigenvalue weighted by atomic mass is 10.0. The number of hydrogen-bond donors (Lipinski definition) is 1. The van der Waals surface area contributed by atoms with E-state index in [1.165, 1.54) is 6.21 Å². The van der Waals surface area contributed by atoms with Gasteiger partial charge in [0.2, 0.25) is 0 Å². The van der Waals surface area contributed by atoms with E-state index in [9.17, 15) is 9.59 Å². The van der Waals surface area contributed by atoms with Crippen LogP contribution in [0.5, 0.6) is 5.75 Å². The van der Waals surface area contributed by atoms with Gasteiger partial charge in [-0.25, -0.2) is 10.2 Å². The molecular weight excluding hydrogens is 492 g/mol. The Morgan fingerprint density at radius 1 is 0.938 bits per heavy atom. The Kier molecular flexibility index (Phi) is 6.63. The zero-order valence-electron chi connectivity index (χ0n) is 16.6. The first-order valence-corrected chi connectivity index (χ1v) is 10.8. The number of hydrogen-bond acceptors (Lipinski definition) is 4. The molecule has 0 aliphatic heterocycles. The molecule has 0 bridgehead atoms. The summed E-state index contributed by atoms with van der Waals surface area (Å²) in [5.41, 5.74) is 3.78. The van der Waals surface area contributed by atoms with E-state index in [1.807, 2.05) is 36.4 Å². The molecule has 32 heavy (non-hydrogen) atoms. The molecule has 0 aliphatic carbocycles. The third kappa shape index (κ3) is 4.88. The van der Waals surface area contributed by atoms with E-state index >= 15 is 0 Å². The number of ether oxygens (including phenoxy) is 1. The van der Waals surface area contributed by atoms with Crippen LogP contribution in [0.2, 0.25) is 5.02 Å². The standard InChI is InChI=1S/C25H16BrClN2O3/c26-18-8-5-7-17(14-18)24(30)29-28-15-21-19-9-2-1-6-16(19)12-13-23(21)32-25(31)20-10-3-4-11-22(20)27/h1-15H,(H,29,30)/b28-15+. The Labute approximate surface area is 197 Å². The lowest BCUT2D eigenvalue weighted by molar-refractivity contribution is 0.0734.